The average Bonchev–Trinajstić information content (AvgIpc) is 2.38. The van der Waals surface area contributed by atoms with Gasteiger partial charge in [0, 0.05) is 22.4 Å². The van der Waals surface area contributed by atoms with Crippen molar-refractivity contribution in [1.82, 2.24) is 4.90 Å². The molecule has 1 aromatic rings. The first kappa shape index (κ1) is 15.9. The lowest BCUT2D eigenvalue weighted by Crippen LogP contribution is -2.44. The third kappa shape index (κ3) is 3.39. The van der Waals surface area contributed by atoms with E-state index in [2.05, 4.69) is 31.9 Å². The molecular formula is C14H15Br2F2NO. The molecule has 1 saturated heterocycles. The Morgan fingerprint density at radius 2 is 1.95 bits per heavy atom. The zero-order chi connectivity index (χ0) is 14.7. The summed E-state index contributed by atoms with van der Waals surface area (Å²) in [6.45, 7) is 0.561. The molecule has 20 heavy (non-hydrogen) atoms. The minimum absolute atomic E-state index is 0.0538. The van der Waals surface area contributed by atoms with Gasteiger partial charge in [-0.1, -0.05) is 31.9 Å². The zero-order valence-corrected chi connectivity index (χ0v) is 14.0. The van der Waals surface area contributed by atoms with Crippen LogP contribution in [0.3, 0.4) is 0 Å². The average molecular weight is 411 g/mol. The summed E-state index contributed by atoms with van der Waals surface area (Å²) in [6.07, 6.45) is 3.61. The molecule has 1 aliphatic rings. The fourth-order valence-corrected chi connectivity index (χ4v) is 3.51. The van der Waals surface area contributed by atoms with Gasteiger partial charge in [-0.3, -0.25) is 4.79 Å². The number of amides is 1. The first-order valence-electron chi connectivity index (χ1n) is 6.56. The van der Waals surface area contributed by atoms with Gasteiger partial charge in [0.1, 0.15) is 17.2 Å². The summed E-state index contributed by atoms with van der Waals surface area (Å²) in [5.41, 5.74) is -0.449. The number of likely N-dealkylation sites (tertiary alicyclic amines) is 1. The second-order valence-corrected chi connectivity index (χ2v) is 6.58. The van der Waals surface area contributed by atoms with Crippen molar-refractivity contribution in [2.75, 3.05) is 11.9 Å². The highest BCUT2D eigenvalue weighted by Gasteiger charge is 2.30. The van der Waals surface area contributed by atoms with Gasteiger partial charge >= 0.3 is 0 Å². The molecule has 0 aromatic heterocycles. The summed E-state index contributed by atoms with van der Waals surface area (Å²) < 4.78 is 28.1. The van der Waals surface area contributed by atoms with Crippen LogP contribution >= 0.6 is 31.9 Å². The van der Waals surface area contributed by atoms with Crippen LogP contribution in [0.5, 0.6) is 0 Å². The molecule has 1 aromatic carbocycles. The molecule has 110 valence electrons. The minimum atomic E-state index is -0.815. The van der Waals surface area contributed by atoms with Gasteiger partial charge in [-0.05, 0) is 37.8 Å². The Labute approximate surface area is 133 Å². The van der Waals surface area contributed by atoms with Crippen LogP contribution in [0.1, 0.15) is 36.0 Å². The zero-order valence-electron chi connectivity index (χ0n) is 10.8. The van der Waals surface area contributed by atoms with Crippen molar-refractivity contribution in [3.63, 3.8) is 0 Å². The highest BCUT2D eigenvalue weighted by atomic mass is 79.9. The molecular weight excluding hydrogens is 396 g/mol. The fraction of sp³-hybridized carbons (Fsp3) is 0.500. The van der Waals surface area contributed by atoms with Gasteiger partial charge in [0.15, 0.2) is 0 Å². The van der Waals surface area contributed by atoms with E-state index < -0.39 is 23.1 Å². The van der Waals surface area contributed by atoms with Gasteiger partial charge in [0.25, 0.3) is 5.91 Å². The molecule has 0 saturated carbocycles. The van der Waals surface area contributed by atoms with Crippen molar-refractivity contribution in [3.8, 4) is 0 Å². The maximum Gasteiger partial charge on any atom is 0.260 e. The van der Waals surface area contributed by atoms with E-state index in [9.17, 15) is 13.6 Å². The van der Waals surface area contributed by atoms with Crippen LogP contribution in [0.15, 0.2) is 16.6 Å². The Kier molecular flexibility index (Phi) is 5.55. The van der Waals surface area contributed by atoms with Gasteiger partial charge < -0.3 is 4.90 Å². The predicted molar refractivity (Wildman–Crippen MR) is 81.1 cm³/mol. The Balaban J connectivity index is 2.30. The topological polar surface area (TPSA) is 20.3 Å². The van der Waals surface area contributed by atoms with Crippen LogP contribution < -0.4 is 0 Å². The molecule has 2 rings (SSSR count). The molecule has 2 nitrogen and oxygen atoms in total. The van der Waals surface area contributed by atoms with E-state index in [1.807, 2.05) is 0 Å². The summed E-state index contributed by atoms with van der Waals surface area (Å²) in [6, 6.07) is 2.30. The maximum absolute atomic E-state index is 13.9. The second kappa shape index (κ2) is 6.98. The van der Waals surface area contributed by atoms with Crippen molar-refractivity contribution in [1.29, 1.82) is 0 Å². The molecule has 1 fully saturated rings. The number of nitrogens with zero attached hydrogens (tertiary/aromatic N) is 1. The lowest BCUT2D eigenvalue weighted by Gasteiger charge is -2.35. The van der Waals surface area contributed by atoms with Crippen molar-refractivity contribution in [2.24, 2.45) is 0 Å². The van der Waals surface area contributed by atoms with Crippen LogP contribution in [0.4, 0.5) is 8.78 Å². The number of benzene rings is 1. The van der Waals surface area contributed by atoms with Gasteiger partial charge in [-0.2, -0.15) is 0 Å². The molecule has 0 aliphatic carbocycles. The highest BCUT2D eigenvalue weighted by molar-refractivity contribution is 9.10. The Bertz CT molecular complexity index is 485. The first-order valence-corrected chi connectivity index (χ1v) is 8.47. The molecule has 1 unspecified atom stereocenters. The quantitative estimate of drug-likeness (QED) is 0.671. The van der Waals surface area contributed by atoms with Crippen molar-refractivity contribution < 1.29 is 13.6 Å². The van der Waals surface area contributed by atoms with Crippen molar-refractivity contribution in [2.45, 2.75) is 31.7 Å². The van der Waals surface area contributed by atoms with Gasteiger partial charge in [0.05, 0.1) is 0 Å². The van der Waals surface area contributed by atoms with E-state index in [1.54, 1.807) is 4.90 Å². The van der Waals surface area contributed by atoms with E-state index in [4.69, 9.17) is 0 Å². The summed E-state index contributed by atoms with van der Waals surface area (Å²) in [5.74, 6) is -2.17. The normalized spacial score (nSPS) is 19.2. The van der Waals surface area contributed by atoms with Crippen LogP contribution in [0, 0.1) is 11.6 Å². The van der Waals surface area contributed by atoms with Gasteiger partial charge in [-0.15, -0.1) is 0 Å². The number of piperidine rings is 1. The van der Waals surface area contributed by atoms with Crippen LogP contribution in [-0.2, 0) is 0 Å². The Morgan fingerprint density at radius 3 is 2.55 bits per heavy atom. The number of carbonyl (C=O) groups is 1. The number of rotatable bonds is 3. The fourth-order valence-electron chi connectivity index (χ4n) is 2.58. The Hall–Kier alpha value is -0.490. The molecule has 0 radical (unpaired) electrons. The van der Waals surface area contributed by atoms with E-state index in [0.717, 1.165) is 43.1 Å². The molecule has 0 N–H and O–H groups in total. The third-order valence-corrected chi connectivity index (χ3v) is 4.47. The molecule has 1 aliphatic heterocycles. The lowest BCUT2D eigenvalue weighted by atomic mass is 9.98. The van der Waals surface area contributed by atoms with Crippen LogP contribution in [0.2, 0.25) is 0 Å². The molecule has 0 spiro atoms. The largest absolute Gasteiger partial charge is 0.335 e. The van der Waals surface area contributed by atoms with E-state index in [-0.39, 0.29) is 6.04 Å². The molecule has 1 amide bonds. The van der Waals surface area contributed by atoms with E-state index in [0.29, 0.717) is 11.0 Å². The first-order chi connectivity index (χ1) is 9.54. The highest BCUT2D eigenvalue weighted by Crippen LogP contribution is 2.26. The second-order valence-electron chi connectivity index (χ2n) is 4.87. The van der Waals surface area contributed by atoms with Gasteiger partial charge in [0.2, 0.25) is 0 Å². The minimum Gasteiger partial charge on any atom is -0.335 e. The standard InChI is InChI=1S/C14H15Br2F2NO/c15-5-4-10-3-1-2-6-19(10)14(20)13-11(17)7-9(16)8-12(13)18/h7-8,10H,1-6H2. The van der Waals surface area contributed by atoms with E-state index >= 15 is 0 Å². The lowest BCUT2D eigenvalue weighted by molar-refractivity contribution is 0.0600. The van der Waals surface area contributed by atoms with E-state index in [1.165, 1.54) is 0 Å². The maximum atomic E-state index is 13.9. The monoisotopic (exact) mass is 409 g/mol. The molecule has 0 bridgehead atoms. The number of hydrogen-bond donors (Lipinski definition) is 0. The molecule has 6 heteroatoms. The summed E-state index contributed by atoms with van der Waals surface area (Å²) in [4.78, 5) is 14.1. The van der Waals surface area contributed by atoms with Crippen molar-refractivity contribution in [3.05, 3.63) is 33.8 Å². The van der Waals surface area contributed by atoms with Crippen LogP contribution in [0.25, 0.3) is 0 Å². The summed E-state index contributed by atoms with van der Waals surface area (Å²) >= 11 is 6.38. The number of alkyl halides is 1. The summed E-state index contributed by atoms with van der Waals surface area (Å²) in [7, 11) is 0. The molecule has 1 atom stereocenters. The predicted octanol–water partition coefficient (Wildman–Crippen LogP) is 4.51. The number of carbonyl (C=O) groups excluding carboxylic acids is 1. The smallest absolute Gasteiger partial charge is 0.260 e. The number of hydrogen-bond acceptors (Lipinski definition) is 1. The number of halogens is 4. The third-order valence-electron chi connectivity index (χ3n) is 3.55. The molecule has 1 heterocycles. The summed E-state index contributed by atoms with van der Waals surface area (Å²) in [5, 5.41) is 0.771. The van der Waals surface area contributed by atoms with Crippen LogP contribution in [-0.4, -0.2) is 28.7 Å². The Morgan fingerprint density at radius 1 is 1.30 bits per heavy atom. The van der Waals surface area contributed by atoms with Crippen molar-refractivity contribution >= 4 is 37.8 Å². The van der Waals surface area contributed by atoms with Gasteiger partial charge in [-0.25, -0.2) is 8.78 Å². The SMILES string of the molecule is O=C(c1c(F)cc(Br)cc1F)N1CCCCC1CCBr.